The number of carbonyl (C=O) groups excluding carboxylic acids is 1. The van der Waals surface area contributed by atoms with Crippen LogP contribution in [0.15, 0.2) is 54.9 Å². The molecule has 9 heteroatoms. The molecule has 0 atom stereocenters. The zero-order valence-corrected chi connectivity index (χ0v) is 14.4. The van der Waals surface area contributed by atoms with E-state index in [0.29, 0.717) is 24.1 Å². The van der Waals surface area contributed by atoms with Gasteiger partial charge in [0.2, 0.25) is 5.91 Å². The molecule has 1 fully saturated rings. The first-order valence-corrected chi connectivity index (χ1v) is 8.45. The third kappa shape index (κ3) is 3.23. The molecule has 4 rings (SSSR count). The molecular weight excluding hydrogens is 376 g/mol. The van der Waals surface area contributed by atoms with Crippen LogP contribution < -0.4 is 5.32 Å². The van der Waals surface area contributed by atoms with Gasteiger partial charge in [0, 0.05) is 17.8 Å². The summed E-state index contributed by atoms with van der Waals surface area (Å²) in [6, 6.07) is 9.74. The lowest BCUT2D eigenvalue weighted by Crippen LogP contribution is -2.29. The predicted octanol–water partition coefficient (Wildman–Crippen LogP) is 4.10. The highest BCUT2D eigenvalue weighted by Gasteiger charge is 2.52. The maximum atomic E-state index is 14.1. The fraction of sp³-hybridized carbons (Fsp3) is 0.211. The lowest BCUT2D eigenvalue weighted by Gasteiger charge is -2.15. The van der Waals surface area contributed by atoms with Gasteiger partial charge >= 0.3 is 6.18 Å². The number of halogens is 4. The minimum Gasteiger partial charge on any atom is -0.308 e. The van der Waals surface area contributed by atoms with E-state index in [0.717, 1.165) is 12.3 Å². The molecule has 0 saturated heterocycles. The molecule has 0 aliphatic heterocycles. The number of hydrogen-bond donors (Lipinski definition) is 1. The van der Waals surface area contributed by atoms with E-state index in [1.807, 2.05) is 0 Å². The van der Waals surface area contributed by atoms with Crippen LogP contribution in [0.3, 0.4) is 0 Å². The summed E-state index contributed by atoms with van der Waals surface area (Å²) in [4.78, 5) is 16.1. The summed E-state index contributed by atoms with van der Waals surface area (Å²) >= 11 is 0. The largest absolute Gasteiger partial charge is 0.433 e. The topological polar surface area (TPSA) is 59.8 Å². The lowest BCUT2D eigenvalue weighted by molar-refractivity contribution is -0.141. The van der Waals surface area contributed by atoms with Gasteiger partial charge in [-0.1, -0.05) is 18.2 Å². The molecule has 1 aromatic carbocycles. The number of amides is 1. The molecule has 5 nitrogen and oxygen atoms in total. The maximum absolute atomic E-state index is 14.1. The number of carbonyl (C=O) groups is 1. The predicted molar refractivity (Wildman–Crippen MR) is 92.3 cm³/mol. The fourth-order valence-electron chi connectivity index (χ4n) is 3.05. The second-order valence-corrected chi connectivity index (χ2v) is 6.56. The minimum atomic E-state index is -4.52. The summed E-state index contributed by atoms with van der Waals surface area (Å²) in [7, 11) is 0. The standard InChI is InChI=1S/C19H14F4N4O/c20-14-4-2-1-3-13(14)18(8-9-18)17(28)25-16-7-10-27(26-16)12-5-6-15(24-11-12)19(21,22)23/h1-7,10-11H,8-9H2,(H,25,26,28). The third-order valence-corrected chi connectivity index (χ3v) is 4.71. The molecule has 0 spiro atoms. The van der Waals surface area contributed by atoms with Gasteiger partial charge in [-0.25, -0.2) is 14.1 Å². The molecule has 28 heavy (non-hydrogen) atoms. The number of alkyl halides is 3. The monoisotopic (exact) mass is 390 g/mol. The number of nitrogens with one attached hydrogen (secondary N) is 1. The molecule has 3 aromatic rings. The minimum absolute atomic E-state index is 0.215. The Balaban J connectivity index is 1.51. The number of aromatic nitrogens is 3. The molecule has 0 unspecified atom stereocenters. The highest BCUT2D eigenvalue weighted by Crippen LogP contribution is 2.49. The highest BCUT2D eigenvalue weighted by molar-refractivity contribution is 6.00. The van der Waals surface area contributed by atoms with E-state index in [1.54, 1.807) is 18.2 Å². The zero-order valence-electron chi connectivity index (χ0n) is 14.4. The Kier molecular flexibility index (Phi) is 4.17. The first-order chi connectivity index (χ1) is 13.3. The third-order valence-electron chi connectivity index (χ3n) is 4.71. The zero-order chi connectivity index (χ0) is 19.9. The Morgan fingerprint density at radius 2 is 1.86 bits per heavy atom. The first-order valence-electron chi connectivity index (χ1n) is 8.45. The summed E-state index contributed by atoms with van der Waals surface area (Å²) in [5.41, 5.74) is -1.26. The van der Waals surface area contributed by atoms with E-state index >= 15 is 0 Å². The van der Waals surface area contributed by atoms with Crippen molar-refractivity contribution in [3.8, 4) is 5.69 Å². The van der Waals surface area contributed by atoms with Crippen molar-refractivity contribution in [3.63, 3.8) is 0 Å². The Morgan fingerprint density at radius 1 is 1.11 bits per heavy atom. The van der Waals surface area contributed by atoms with Crippen LogP contribution in [-0.2, 0) is 16.4 Å². The van der Waals surface area contributed by atoms with Gasteiger partial charge in [0.25, 0.3) is 0 Å². The smallest absolute Gasteiger partial charge is 0.308 e. The highest BCUT2D eigenvalue weighted by atomic mass is 19.4. The second kappa shape index (κ2) is 6.43. The first kappa shape index (κ1) is 18.1. The van der Waals surface area contributed by atoms with Gasteiger partial charge in [0.15, 0.2) is 5.82 Å². The number of anilines is 1. The summed E-state index contributed by atoms with van der Waals surface area (Å²) in [6.07, 6.45) is -0.925. The van der Waals surface area contributed by atoms with Crippen LogP contribution in [0.4, 0.5) is 23.4 Å². The van der Waals surface area contributed by atoms with E-state index in [9.17, 15) is 22.4 Å². The van der Waals surface area contributed by atoms with Crippen LogP contribution in [0.25, 0.3) is 5.69 Å². The molecule has 2 aromatic heterocycles. The molecule has 0 bridgehead atoms. The van der Waals surface area contributed by atoms with Crippen molar-refractivity contribution in [2.75, 3.05) is 5.32 Å². The summed E-state index contributed by atoms with van der Waals surface area (Å²) in [5, 5.41) is 6.80. The van der Waals surface area contributed by atoms with Crippen molar-refractivity contribution in [1.82, 2.24) is 14.8 Å². The van der Waals surface area contributed by atoms with E-state index in [-0.39, 0.29) is 11.7 Å². The molecule has 1 aliphatic carbocycles. The summed E-state index contributed by atoms with van der Waals surface area (Å²) in [5.74, 6) is -0.586. The van der Waals surface area contributed by atoms with Crippen molar-refractivity contribution in [2.45, 2.75) is 24.4 Å². The average Bonchev–Trinajstić information content (AvgIpc) is 3.34. The number of rotatable bonds is 4. The van der Waals surface area contributed by atoms with Gasteiger partial charge in [0.05, 0.1) is 17.3 Å². The Labute approximate surface area is 157 Å². The Morgan fingerprint density at radius 3 is 2.46 bits per heavy atom. The van der Waals surface area contributed by atoms with Gasteiger partial charge in [-0.15, -0.1) is 0 Å². The summed E-state index contributed by atoms with van der Waals surface area (Å²) < 4.78 is 53.2. The summed E-state index contributed by atoms with van der Waals surface area (Å²) in [6.45, 7) is 0. The van der Waals surface area contributed by atoms with Crippen molar-refractivity contribution in [2.24, 2.45) is 0 Å². The van der Waals surface area contributed by atoms with Gasteiger partial charge in [-0.3, -0.25) is 4.79 Å². The van der Waals surface area contributed by atoms with Crippen LogP contribution in [0, 0.1) is 5.82 Å². The average molecular weight is 390 g/mol. The number of benzene rings is 1. The molecule has 144 valence electrons. The van der Waals surface area contributed by atoms with Crippen molar-refractivity contribution in [1.29, 1.82) is 0 Å². The van der Waals surface area contributed by atoms with Crippen LogP contribution >= 0.6 is 0 Å². The molecule has 0 radical (unpaired) electrons. The van der Waals surface area contributed by atoms with E-state index in [2.05, 4.69) is 15.4 Å². The maximum Gasteiger partial charge on any atom is 0.433 e. The van der Waals surface area contributed by atoms with Crippen LogP contribution in [-0.4, -0.2) is 20.7 Å². The quantitative estimate of drug-likeness (QED) is 0.683. The SMILES string of the molecule is O=C(Nc1ccn(-c2ccc(C(F)(F)F)nc2)n1)C1(c2ccccc2F)CC1. The number of nitrogens with zero attached hydrogens (tertiary/aromatic N) is 3. The molecule has 1 aliphatic rings. The molecule has 2 heterocycles. The molecule has 1 N–H and O–H groups in total. The van der Waals surface area contributed by atoms with E-state index in [4.69, 9.17) is 0 Å². The van der Waals surface area contributed by atoms with E-state index in [1.165, 1.54) is 29.1 Å². The van der Waals surface area contributed by atoms with E-state index < -0.39 is 23.1 Å². The fourth-order valence-corrected chi connectivity index (χ4v) is 3.05. The normalized spacial score (nSPS) is 15.3. The molecular formula is C19H14F4N4O. The van der Waals surface area contributed by atoms with Crippen LogP contribution in [0.2, 0.25) is 0 Å². The van der Waals surface area contributed by atoms with Gasteiger partial charge in [-0.2, -0.15) is 18.3 Å². The van der Waals surface area contributed by atoms with Gasteiger partial charge in [0.1, 0.15) is 11.5 Å². The number of hydrogen-bond acceptors (Lipinski definition) is 3. The number of pyridine rings is 1. The Bertz CT molecular complexity index is 1020. The van der Waals surface area contributed by atoms with Crippen LogP contribution in [0.5, 0.6) is 0 Å². The molecule has 1 saturated carbocycles. The lowest BCUT2D eigenvalue weighted by atomic mass is 9.94. The van der Waals surface area contributed by atoms with Crippen LogP contribution in [0.1, 0.15) is 24.1 Å². The Hall–Kier alpha value is -3.23. The second-order valence-electron chi connectivity index (χ2n) is 6.56. The van der Waals surface area contributed by atoms with Crippen molar-refractivity contribution < 1.29 is 22.4 Å². The van der Waals surface area contributed by atoms with Crippen molar-refractivity contribution >= 4 is 11.7 Å². The van der Waals surface area contributed by atoms with Gasteiger partial charge in [-0.05, 0) is 31.0 Å². The van der Waals surface area contributed by atoms with Crippen molar-refractivity contribution in [3.05, 3.63) is 71.9 Å². The molecule has 1 amide bonds. The van der Waals surface area contributed by atoms with Gasteiger partial charge < -0.3 is 5.32 Å².